The van der Waals surface area contributed by atoms with Crippen LogP contribution in [0.4, 0.5) is 0 Å². The molecule has 32 heavy (non-hydrogen) atoms. The minimum absolute atomic E-state index is 0.0207. The normalized spacial score (nSPS) is 13.0. The van der Waals surface area contributed by atoms with Crippen molar-refractivity contribution in [3.8, 4) is 0 Å². The highest BCUT2D eigenvalue weighted by atomic mass is 32.2. The SMILES string of the molecule is CSCC[C@@H](NC(=O)[C@H](CC(C)C)NC(=O)Cn1c(=O)[nH]c2ccccc2c1=O)C(=O)O. The average molecular weight is 465 g/mol. The first-order chi connectivity index (χ1) is 15.1. The maximum atomic E-state index is 12.7. The number of benzene rings is 1. The molecule has 0 aliphatic carbocycles. The molecule has 174 valence electrons. The molecule has 0 bridgehead atoms. The van der Waals surface area contributed by atoms with Gasteiger partial charge in [0, 0.05) is 0 Å². The molecular weight excluding hydrogens is 436 g/mol. The summed E-state index contributed by atoms with van der Waals surface area (Å²) in [6.07, 6.45) is 2.33. The molecule has 0 saturated heterocycles. The van der Waals surface area contributed by atoms with E-state index in [2.05, 4.69) is 15.6 Å². The topological polar surface area (TPSA) is 150 Å². The summed E-state index contributed by atoms with van der Waals surface area (Å²) in [5.41, 5.74) is -0.995. The van der Waals surface area contributed by atoms with E-state index in [9.17, 15) is 29.1 Å². The van der Waals surface area contributed by atoms with Crippen LogP contribution in [0.3, 0.4) is 0 Å². The van der Waals surface area contributed by atoms with E-state index in [0.717, 1.165) is 4.57 Å². The van der Waals surface area contributed by atoms with Gasteiger partial charge in [0.15, 0.2) is 0 Å². The van der Waals surface area contributed by atoms with Gasteiger partial charge < -0.3 is 20.7 Å². The molecule has 0 radical (unpaired) electrons. The molecular formula is C21H28N4O6S. The Morgan fingerprint density at radius 2 is 1.81 bits per heavy atom. The minimum atomic E-state index is -1.16. The van der Waals surface area contributed by atoms with Crippen LogP contribution in [0.15, 0.2) is 33.9 Å². The highest BCUT2D eigenvalue weighted by Crippen LogP contribution is 2.08. The predicted molar refractivity (Wildman–Crippen MR) is 123 cm³/mol. The molecule has 1 heterocycles. The number of aliphatic carboxylic acids is 1. The van der Waals surface area contributed by atoms with E-state index in [-0.39, 0.29) is 24.1 Å². The molecule has 4 N–H and O–H groups in total. The average Bonchev–Trinajstić information content (AvgIpc) is 2.73. The van der Waals surface area contributed by atoms with E-state index in [1.54, 1.807) is 18.2 Å². The smallest absolute Gasteiger partial charge is 0.329 e. The molecule has 1 aromatic heterocycles. The predicted octanol–water partition coefficient (Wildman–Crippen LogP) is 0.543. The Labute approximate surface area is 188 Å². The first-order valence-corrected chi connectivity index (χ1v) is 11.6. The lowest BCUT2D eigenvalue weighted by atomic mass is 10.0. The Morgan fingerprint density at radius 1 is 1.12 bits per heavy atom. The molecule has 11 heteroatoms. The van der Waals surface area contributed by atoms with Crippen molar-refractivity contribution in [1.82, 2.24) is 20.2 Å². The number of aromatic amines is 1. The van der Waals surface area contributed by atoms with Crippen LogP contribution in [-0.4, -0.2) is 56.5 Å². The number of carbonyl (C=O) groups excluding carboxylic acids is 2. The van der Waals surface area contributed by atoms with E-state index in [0.29, 0.717) is 11.3 Å². The first-order valence-electron chi connectivity index (χ1n) is 10.2. The van der Waals surface area contributed by atoms with Crippen molar-refractivity contribution in [2.24, 2.45) is 5.92 Å². The summed E-state index contributed by atoms with van der Waals surface area (Å²) < 4.78 is 0.764. The molecule has 2 aromatic rings. The van der Waals surface area contributed by atoms with Crippen LogP contribution in [0, 0.1) is 5.92 Å². The second-order valence-electron chi connectivity index (χ2n) is 7.80. The molecule has 2 amide bonds. The van der Waals surface area contributed by atoms with Gasteiger partial charge in [0.25, 0.3) is 5.56 Å². The van der Waals surface area contributed by atoms with Crippen molar-refractivity contribution in [3.63, 3.8) is 0 Å². The van der Waals surface area contributed by atoms with Gasteiger partial charge >= 0.3 is 11.7 Å². The lowest BCUT2D eigenvalue weighted by Crippen LogP contribution is -2.53. The molecule has 2 atom stereocenters. The lowest BCUT2D eigenvalue weighted by molar-refractivity contribution is -0.142. The summed E-state index contributed by atoms with van der Waals surface area (Å²) in [5.74, 6) is -1.92. The lowest BCUT2D eigenvalue weighted by Gasteiger charge is -2.23. The highest BCUT2D eigenvalue weighted by Gasteiger charge is 2.27. The maximum absolute atomic E-state index is 12.7. The van der Waals surface area contributed by atoms with Crippen LogP contribution >= 0.6 is 11.8 Å². The number of carbonyl (C=O) groups is 3. The molecule has 2 rings (SSSR count). The van der Waals surface area contributed by atoms with Gasteiger partial charge in [-0.1, -0.05) is 26.0 Å². The number of hydrogen-bond acceptors (Lipinski definition) is 6. The fourth-order valence-corrected chi connectivity index (χ4v) is 3.67. The number of hydrogen-bond donors (Lipinski definition) is 4. The fraction of sp³-hybridized carbons (Fsp3) is 0.476. The Morgan fingerprint density at radius 3 is 2.44 bits per heavy atom. The molecule has 0 aliphatic rings. The van der Waals surface area contributed by atoms with E-state index >= 15 is 0 Å². The molecule has 1 aromatic carbocycles. The van der Waals surface area contributed by atoms with E-state index in [1.807, 2.05) is 20.1 Å². The molecule has 0 fully saturated rings. The number of thioether (sulfide) groups is 1. The minimum Gasteiger partial charge on any atom is -0.480 e. The van der Waals surface area contributed by atoms with Crippen LogP contribution < -0.4 is 21.9 Å². The summed E-state index contributed by atoms with van der Waals surface area (Å²) in [7, 11) is 0. The summed E-state index contributed by atoms with van der Waals surface area (Å²) in [6, 6.07) is 4.36. The molecule has 0 spiro atoms. The number of H-pyrrole nitrogens is 1. The van der Waals surface area contributed by atoms with Crippen LogP contribution in [0.25, 0.3) is 10.9 Å². The van der Waals surface area contributed by atoms with Crippen LogP contribution in [-0.2, 0) is 20.9 Å². The van der Waals surface area contributed by atoms with Gasteiger partial charge in [-0.05, 0) is 42.9 Å². The van der Waals surface area contributed by atoms with Crippen LogP contribution in [0.1, 0.15) is 26.7 Å². The largest absolute Gasteiger partial charge is 0.480 e. The van der Waals surface area contributed by atoms with Crippen molar-refractivity contribution in [2.75, 3.05) is 12.0 Å². The highest BCUT2D eigenvalue weighted by molar-refractivity contribution is 7.98. The number of aromatic nitrogens is 2. The Bertz CT molecular complexity index is 1090. The number of fused-ring (bicyclic) bond motifs is 1. The molecule has 10 nitrogen and oxygen atoms in total. The van der Waals surface area contributed by atoms with E-state index in [4.69, 9.17) is 0 Å². The Kier molecular flexibility index (Phi) is 9.06. The monoisotopic (exact) mass is 464 g/mol. The number of amides is 2. The fourth-order valence-electron chi connectivity index (χ4n) is 3.19. The van der Waals surface area contributed by atoms with Gasteiger partial charge in [-0.25, -0.2) is 9.59 Å². The summed E-state index contributed by atoms with van der Waals surface area (Å²) >= 11 is 1.46. The van der Waals surface area contributed by atoms with Crippen LogP contribution in [0.2, 0.25) is 0 Å². The zero-order chi connectivity index (χ0) is 23.8. The van der Waals surface area contributed by atoms with Gasteiger partial charge in [-0.3, -0.25) is 19.0 Å². The third-order valence-corrected chi connectivity index (χ3v) is 5.42. The quantitative estimate of drug-likeness (QED) is 0.379. The zero-order valence-corrected chi connectivity index (χ0v) is 19.0. The van der Waals surface area contributed by atoms with E-state index < -0.39 is 47.7 Å². The zero-order valence-electron chi connectivity index (χ0n) is 18.2. The number of nitrogens with zero attached hydrogens (tertiary/aromatic N) is 1. The Hall–Kier alpha value is -3.08. The van der Waals surface area contributed by atoms with E-state index in [1.165, 1.54) is 17.8 Å². The number of rotatable bonds is 11. The summed E-state index contributed by atoms with van der Waals surface area (Å²) in [6.45, 7) is 3.14. The third-order valence-electron chi connectivity index (χ3n) is 4.78. The second-order valence-corrected chi connectivity index (χ2v) is 8.78. The van der Waals surface area contributed by atoms with Crippen molar-refractivity contribution in [1.29, 1.82) is 0 Å². The number of nitrogens with one attached hydrogen (secondary N) is 3. The molecule has 0 unspecified atom stereocenters. The van der Waals surface area contributed by atoms with Crippen molar-refractivity contribution < 1.29 is 19.5 Å². The van der Waals surface area contributed by atoms with Crippen molar-refractivity contribution in [3.05, 3.63) is 45.1 Å². The standard InChI is InChI=1S/C21H28N4O6S/c1-12(2)10-16(18(27)23-15(20(29)30)8-9-32-3)22-17(26)11-25-19(28)13-6-4-5-7-14(13)24-21(25)31/h4-7,12,15-16H,8-11H2,1-3H3,(H,22,26)(H,23,27)(H,24,31)(H,29,30)/t15-,16+/m1/s1. The van der Waals surface area contributed by atoms with Gasteiger partial charge in [-0.2, -0.15) is 11.8 Å². The van der Waals surface area contributed by atoms with Gasteiger partial charge in [0.05, 0.1) is 10.9 Å². The van der Waals surface area contributed by atoms with Gasteiger partial charge in [-0.15, -0.1) is 0 Å². The second kappa shape index (κ2) is 11.5. The number of carboxylic acids is 1. The van der Waals surface area contributed by atoms with Gasteiger partial charge in [0.1, 0.15) is 18.6 Å². The molecule has 0 saturated carbocycles. The summed E-state index contributed by atoms with van der Waals surface area (Å²) in [5, 5.41) is 14.6. The number of carboxylic acid groups (broad SMARTS) is 1. The molecule has 0 aliphatic heterocycles. The van der Waals surface area contributed by atoms with Gasteiger partial charge in [0.2, 0.25) is 11.8 Å². The maximum Gasteiger partial charge on any atom is 0.329 e. The van der Waals surface area contributed by atoms with Crippen LogP contribution in [0.5, 0.6) is 0 Å². The van der Waals surface area contributed by atoms with Crippen molar-refractivity contribution in [2.45, 2.75) is 45.3 Å². The number of para-hydroxylation sites is 1. The third kappa shape index (κ3) is 6.71. The first kappa shape index (κ1) is 25.2. The Balaban J connectivity index is 2.18. The van der Waals surface area contributed by atoms with Crippen molar-refractivity contribution >= 4 is 40.4 Å². The summed E-state index contributed by atoms with van der Waals surface area (Å²) in [4.78, 5) is 64.2.